The second-order valence-electron chi connectivity index (χ2n) is 4.06. The summed E-state index contributed by atoms with van der Waals surface area (Å²) >= 11 is 0. The summed E-state index contributed by atoms with van der Waals surface area (Å²) in [6.45, 7) is 0.174. The van der Waals surface area contributed by atoms with E-state index in [0.717, 1.165) is 17.7 Å². The molecule has 7 heteroatoms. The number of aryl methyl sites for hydroxylation is 1. The first-order chi connectivity index (χ1) is 9.19. The monoisotopic (exact) mass is 265 g/mol. The van der Waals surface area contributed by atoms with Crippen LogP contribution in [0.2, 0.25) is 0 Å². The molecule has 1 aromatic carbocycles. The average Bonchev–Trinajstić information content (AvgIpc) is 2.38. The van der Waals surface area contributed by atoms with Crippen LogP contribution in [0.3, 0.4) is 0 Å². The van der Waals surface area contributed by atoms with Gasteiger partial charge in [-0.05, 0) is 18.1 Å². The number of fused-ring (bicyclic) bond motifs is 1. The zero-order chi connectivity index (χ0) is 13.7. The number of hydrazine groups is 1. The SMILES string of the molecule is NNOC(=O)CCOc1ccc2c(c1)NC(=O)CC2. The number of carbonyl (C=O) groups is 2. The number of rotatable bonds is 5. The summed E-state index contributed by atoms with van der Waals surface area (Å²) in [6.07, 6.45) is 1.31. The Bertz CT molecular complexity index is 490. The van der Waals surface area contributed by atoms with Crippen molar-refractivity contribution in [3.63, 3.8) is 0 Å². The van der Waals surface area contributed by atoms with Gasteiger partial charge in [-0.15, -0.1) is 0 Å². The van der Waals surface area contributed by atoms with Gasteiger partial charge in [0.1, 0.15) is 5.75 Å². The normalized spacial score (nSPS) is 13.4. The molecule has 0 spiro atoms. The predicted octanol–water partition coefficient (Wildman–Crippen LogP) is 0.262. The van der Waals surface area contributed by atoms with E-state index >= 15 is 0 Å². The number of hydrogen-bond acceptors (Lipinski definition) is 6. The van der Waals surface area contributed by atoms with Gasteiger partial charge in [0, 0.05) is 18.2 Å². The molecule has 0 radical (unpaired) electrons. The highest BCUT2D eigenvalue weighted by atomic mass is 16.7. The van der Waals surface area contributed by atoms with Crippen molar-refractivity contribution in [3.05, 3.63) is 23.8 Å². The lowest BCUT2D eigenvalue weighted by molar-refractivity contribution is -0.151. The van der Waals surface area contributed by atoms with Gasteiger partial charge in [0.2, 0.25) is 5.91 Å². The lowest BCUT2D eigenvalue weighted by Crippen LogP contribution is -2.27. The second-order valence-corrected chi connectivity index (χ2v) is 4.06. The van der Waals surface area contributed by atoms with E-state index < -0.39 is 5.97 Å². The molecule has 1 heterocycles. The van der Waals surface area contributed by atoms with Crippen LogP contribution in [0.4, 0.5) is 5.69 Å². The van der Waals surface area contributed by atoms with Gasteiger partial charge >= 0.3 is 5.97 Å². The van der Waals surface area contributed by atoms with E-state index in [9.17, 15) is 9.59 Å². The van der Waals surface area contributed by atoms with Gasteiger partial charge in [-0.1, -0.05) is 11.7 Å². The summed E-state index contributed by atoms with van der Waals surface area (Å²) in [5.74, 6) is 4.92. The molecule has 1 aliphatic heterocycles. The minimum Gasteiger partial charge on any atom is -0.493 e. The molecule has 7 nitrogen and oxygen atoms in total. The summed E-state index contributed by atoms with van der Waals surface area (Å²) in [5.41, 5.74) is 3.66. The fraction of sp³-hybridized carbons (Fsp3) is 0.333. The number of anilines is 1. The summed E-state index contributed by atoms with van der Waals surface area (Å²) in [7, 11) is 0. The van der Waals surface area contributed by atoms with Crippen LogP contribution in [0.1, 0.15) is 18.4 Å². The number of ether oxygens (including phenoxy) is 1. The maximum absolute atomic E-state index is 11.3. The van der Waals surface area contributed by atoms with E-state index in [2.05, 4.69) is 10.2 Å². The summed E-state index contributed by atoms with van der Waals surface area (Å²) in [4.78, 5) is 26.6. The third-order valence-corrected chi connectivity index (χ3v) is 2.72. The zero-order valence-corrected chi connectivity index (χ0v) is 10.3. The highest BCUT2D eigenvalue weighted by Crippen LogP contribution is 2.27. The van der Waals surface area contributed by atoms with E-state index in [1.807, 2.05) is 17.7 Å². The van der Waals surface area contributed by atoms with Crippen molar-refractivity contribution in [1.82, 2.24) is 5.59 Å². The first kappa shape index (κ1) is 13.3. The molecule has 1 aromatic rings. The van der Waals surface area contributed by atoms with Crippen LogP contribution in [0.5, 0.6) is 5.75 Å². The summed E-state index contributed by atoms with van der Waals surface area (Å²) < 4.78 is 5.40. The van der Waals surface area contributed by atoms with Crippen LogP contribution in [-0.2, 0) is 20.8 Å². The summed E-state index contributed by atoms with van der Waals surface area (Å²) in [5, 5.41) is 2.78. The zero-order valence-electron chi connectivity index (χ0n) is 10.3. The Labute approximate surface area is 110 Å². The molecule has 0 saturated carbocycles. The second kappa shape index (κ2) is 6.17. The molecule has 0 bridgehead atoms. The average molecular weight is 265 g/mol. The number of carbonyl (C=O) groups excluding carboxylic acids is 2. The van der Waals surface area contributed by atoms with Crippen molar-refractivity contribution < 1.29 is 19.2 Å². The van der Waals surface area contributed by atoms with Crippen molar-refractivity contribution in [3.8, 4) is 5.75 Å². The predicted molar refractivity (Wildman–Crippen MR) is 66.9 cm³/mol. The molecular weight excluding hydrogens is 250 g/mol. The van der Waals surface area contributed by atoms with Gasteiger partial charge in [0.15, 0.2) is 0 Å². The number of amides is 1. The van der Waals surface area contributed by atoms with Gasteiger partial charge < -0.3 is 14.9 Å². The first-order valence-corrected chi connectivity index (χ1v) is 5.90. The van der Waals surface area contributed by atoms with Crippen molar-refractivity contribution in [2.75, 3.05) is 11.9 Å². The number of nitrogens with two attached hydrogens (primary N) is 1. The smallest absolute Gasteiger partial charge is 0.329 e. The molecule has 1 aliphatic rings. The third-order valence-electron chi connectivity index (χ3n) is 2.72. The van der Waals surface area contributed by atoms with Crippen LogP contribution < -0.4 is 21.5 Å². The minimum absolute atomic E-state index is 0.00208. The van der Waals surface area contributed by atoms with Crippen LogP contribution in [0.25, 0.3) is 0 Å². The van der Waals surface area contributed by atoms with E-state index in [1.165, 1.54) is 0 Å². The Morgan fingerprint density at radius 1 is 1.42 bits per heavy atom. The lowest BCUT2D eigenvalue weighted by atomic mass is 10.0. The largest absolute Gasteiger partial charge is 0.493 e. The molecule has 0 aliphatic carbocycles. The van der Waals surface area contributed by atoms with Crippen molar-refractivity contribution in [1.29, 1.82) is 0 Å². The lowest BCUT2D eigenvalue weighted by Gasteiger charge is -2.17. The van der Waals surface area contributed by atoms with Crippen LogP contribution in [0.15, 0.2) is 18.2 Å². The topological polar surface area (TPSA) is 103 Å². The third kappa shape index (κ3) is 3.67. The van der Waals surface area contributed by atoms with Gasteiger partial charge in [-0.3, -0.25) is 9.59 Å². The number of hydrogen-bond donors (Lipinski definition) is 3. The fourth-order valence-electron chi connectivity index (χ4n) is 1.81. The molecular formula is C12H15N3O4. The van der Waals surface area contributed by atoms with E-state index in [1.54, 1.807) is 6.07 Å². The molecule has 2 rings (SSSR count). The van der Waals surface area contributed by atoms with Crippen LogP contribution in [-0.4, -0.2) is 18.5 Å². The highest BCUT2D eigenvalue weighted by molar-refractivity contribution is 5.94. The van der Waals surface area contributed by atoms with Crippen LogP contribution in [0, 0.1) is 0 Å². The van der Waals surface area contributed by atoms with Crippen molar-refractivity contribution in [2.24, 2.45) is 5.84 Å². The maximum Gasteiger partial charge on any atom is 0.329 e. The van der Waals surface area contributed by atoms with E-state index in [0.29, 0.717) is 12.2 Å². The molecule has 0 atom stereocenters. The van der Waals surface area contributed by atoms with Crippen molar-refractivity contribution >= 4 is 17.6 Å². The molecule has 0 fully saturated rings. The standard InChI is InChI=1S/C12H15N3O4/c13-15-19-12(17)5-6-18-9-3-1-8-2-4-11(16)14-10(8)7-9/h1,3,7,15H,2,4-6,13H2,(H,14,16). The van der Waals surface area contributed by atoms with E-state index in [4.69, 9.17) is 10.6 Å². The Kier molecular flexibility index (Phi) is 4.32. The summed E-state index contributed by atoms with van der Waals surface area (Å²) in [6, 6.07) is 5.46. The number of benzene rings is 1. The molecule has 4 N–H and O–H groups in total. The Morgan fingerprint density at radius 3 is 3.05 bits per heavy atom. The Balaban J connectivity index is 1.89. The van der Waals surface area contributed by atoms with Crippen LogP contribution >= 0.6 is 0 Å². The molecule has 0 aromatic heterocycles. The highest BCUT2D eigenvalue weighted by Gasteiger charge is 2.15. The quantitative estimate of drug-likeness (QED) is 0.521. The fourth-order valence-corrected chi connectivity index (χ4v) is 1.81. The van der Waals surface area contributed by atoms with E-state index in [-0.39, 0.29) is 18.9 Å². The Hall–Kier alpha value is -2.12. The van der Waals surface area contributed by atoms with Gasteiger partial charge in [0.05, 0.1) is 13.0 Å². The van der Waals surface area contributed by atoms with Gasteiger partial charge in [-0.2, -0.15) is 0 Å². The Morgan fingerprint density at radius 2 is 2.26 bits per heavy atom. The number of nitrogens with one attached hydrogen (secondary N) is 2. The molecule has 19 heavy (non-hydrogen) atoms. The molecule has 102 valence electrons. The first-order valence-electron chi connectivity index (χ1n) is 5.90. The minimum atomic E-state index is -0.506. The van der Waals surface area contributed by atoms with Gasteiger partial charge in [-0.25, -0.2) is 5.84 Å². The maximum atomic E-state index is 11.3. The molecule has 0 saturated heterocycles. The van der Waals surface area contributed by atoms with Gasteiger partial charge in [0.25, 0.3) is 0 Å². The molecule has 1 amide bonds. The van der Waals surface area contributed by atoms with Crippen molar-refractivity contribution in [2.45, 2.75) is 19.3 Å². The molecule has 0 unspecified atom stereocenters.